The van der Waals surface area contributed by atoms with Crippen LogP contribution in [-0.2, 0) is 17.1 Å². The molecule has 2 aromatic rings. The van der Waals surface area contributed by atoms with Crippen molar-refractivity contribution in [3.8, 4) is 0 Å². The van der Waals surface area contributed by atoms with Gasteiger partial charge in [-0.25, -0.2) is 0 Å². The van der Waals surface area contributed by atoms with Crippen LogP contribution in [0.25, 0.3) is 0 Å². The summed E-state index contributed by atoms with van der Waals surface area (Å²) in [5.41, 5.74) is -3.33. The average molecular weight is 680 g/mol. The number of hydrogen-bond donors (Lipinski definition) is 0. The molecule has 14 heteroatoms. The van der Waals surface area contributed by atoms with Gasteiger partial charge in [0, 0.05) is 44.3 Å². The van der Waals surface area contributed by atoms with E-state index in [1.807, 2.05) is 0 Å². The van der Waals surface area contributed by atoms with E-state index in [1.165, 1.54) is 30.2 Å². The highest BCUT2D eigenvalue weighted by Crippen LogP contribution is 2.37. The van der Waals surface area contributed by atoms with Crippen molar-refractivity contribution in [2.24, 2.45) is 0 Å². The Morgan fingerprint density at radius 2 is 1.38 bits per heavy atom. The fourth-order valence-electron chi connectivity index (χ4n) is 6.54. The van der Waals surface area contributed by atoms with Crippen LogP contribution >= 0.6 is 23.2 Å². The summed E-state index contributed by atoms with van der Waals surface area (Å²) in [4.78, 5) is 34.6. The zero-order valence-corrected chi connectivity index (χ0v) is 26.0. The van der Waals surface area contributed by atoms with Gasteiger partial charge >= 0.3 is 12.4 Å². The molecule has 3 heterocycles. The molecule has 3 aliphatic rings. The fourth-order valence-corrected chi connectivity index (χ4v) is 6.85. The lowest BCUT2D eigenvalue weighted by Crippen LogP contribution is -2.55. The van der Waals surface area contributed by atoms with Gasteiger partial charge in [-0.05, 0) is 74.7 Å². The minimum Gasteiger partial charge on any atom is -0.334 e. The van der Waals surface area contributed by atoms with Gasteiger partial charge < -0.3 is 14.7 Å². The third-order valence-corrected chi connectivity index (χ3v) is 9.71. The number of nitrogens with zero attached hydrogens (tertiary/aromatic N) is 4. The summed E-state index contributed by atoms with van der Waals surface area (Å²) in [5.74, 6) is -1.18. The van der Waals surface area contributed by atoms with Crippen LogP contribution in [0, 0.1) is 0 Å². The summed E-state index contributed by atoms with van der Waals surface area (Å²) in [5, 5.41) is 0.472. The van der Waals surface area contributed by atoms with Crippen molar-refractivity contribution in [3.63, 3.8) is 0 Å². The molecule has 0 bridgehead atoms. The second-order valence-corrected chi connectivity index (χ2v) is 12.7. The van der Waals surface area contributed by atoms with Gasteiger partial charge in [0.1, 0.15) is 0 Å². The number of amides is 2. The summed E-state index contributed by atoms with van der Waals surface area (Å²) in [6.45, 7) is 3.70. The molecule has 3 saturated heterocycles. The highest BCUT2D eigenvalue weighted by Gasteiger charge is 2.40. The van der Waals surface area contributed by atoms with E-state index in [-0.39, 0.29) is 48.2 Å². The van der Waals surface area contributed by atoms with Crippen LogP contribution < -0.4 is 0 Å². The molecule has 0 N–H and O–H groups in total. The molecule has 0 aliphatic carbocycles. The molecular weight excluding hydrogens is 645 g/mol. The van der Waals surface area contributed by atoms with Crippen molar-refractivity contribution in [2.75, 3.05) is 52.4 Å². The van der Waals surface area contributed by atoms with E-state index in [2.05, 4.69) is 9.80 Å². The Bertz CT molecular complexity index is 1360. The number of piperidine rings is 2. The van der Waals surface area contributed by atoms with Gasteiger partial charge in [0.25, 0.3) is 5.91 Å². The Morgan fingerprint density at radius 3 is 1.96 bits per heavy atom. The van der Waals surface area contributed by atoms with Gasteiger partial charge in [-0.15, -0.1) is 0 Å². The monoisotopic (exact) mass is 678 g/mol. The quantitative estimate of drug-likeness (QED) is 0.320. The normalized spacial score (nSPS) is 21.3. The minimum absolute atomic E-state index is 0.0127. The standard InChI is InChI=1S/C31H34Cl2F6N4O2/c32-25-5-4-20(16-26(25)33)27-18-42(29(45)21-14-22(30(34,35)36)17-23(15-21)31(37,38)39)12-13-43(27)28(44)19-40-10-6-24(7-11-40)41-8-2-1-3-9-41/h4-5,14-17,24,27H,1-3,6-13,18-19H2. The largest absolute Gasteiger partial charge is 0.416 e. The molecular formula is C31H34Cl2F6N4O2. The van der Waals surface area contributed by atoms with Gasteiger partial charge in [-0.2, -0.15) is 26.3 Å². The van der Waals surface area contributed by atoms with Crippen molar-refractivity contribution in [1.82, 2.24) is 19.6 Å². The van der Waals surface area contributed by atoms with Crippen molar-refractivity contribution in [2.45, 2.75) is 56.5 Å². The Morgan fingerprint density at radius 1 is 0.756 bits per heavy atom. The third-order valence-electron chi connectivity index (χ3n) is 8.97. The minimum atomic E-state index is -5.09. The Balaban J connectivity index is 1.34. The number of alkyl halides is 6. The Kier molecular flexibility index (Phi) is 10.3. The van der Waals surface area contributed by atoms with E-state index in [1.54, 1.807) is 17.0 Å². The predicted molar refractivity (Wildman–Crippen MR) is 158 cm³/mol. The lowest BCUT2D eigenvalue weighted by molar-refractivity contribution is -0.143. The molecule has 3 aliphatic heterocycles. The van der Waals surface area contributed by atoms with Crippen LogP contribution in [0.3, 0.4) is 0 Å². The SMILES string of the molecule is O=C(c1cc(C(F)(F)F)cc(C(F)(F)F)c1)N1CCN(C(=O)CN2CCC(N3CCCCC3)CC2)C(c2ccc(Cl)c(Cl)c2)C1. The summed E-state index contributed by atoms with van der Waals surface area (Å²) in [6.07, 6.45) is -4.58. The second-order valence-electron chi connectivity index (χ2n) is 11.9. The molecule has 5 rings (SSSR count). The molecule has 2 aromatic carbocycles. The van der Waals surface area contributed by atoms with E-state index in [4.69, 9.17) is 23.2 Å². The maximum atomic E-state index is 13.7. The number of halogens is 8. The molecule has 6 nitrogen and oxygen atoms in total. The van der Waals surface area contributed by atoms with Crippen molar-refractivity contribution in [3.05, 3.63) is 68.7 Å². The maximum absolute atomic E-state index is 13.7. The number of carbonyl (C=O) groups is 2. The van der Waals surface area contributed by atoms with Crippen LogP contribution in [0.5, 0.6) is 0 Å². The van der Waals surface area contributed by atoms with Crippen LogP contribution in [0.1, 0.15) is 65.2 Å². The number of benzene rings is 2. The fraction of sp³-hybridized carbons (Fsp3) is 0.548. The number of rotatable bonds is 5. The van der Waals surface area contributed by atoms with Crippen LogP contribution in [0.15, 0.2) is 36.4 Å². The number of carbonyl (C=O) groups excluding carboxylic acids is 2. The molecule has 0 saturated carbocycles. The zero-order valence-electron chi connectivity index (χ0n) is 24.4. The molecule has 45 heavy (non-hydrogen) atoms. The van der Waals surface area contributed by atoms with Gasteiger partial charge in [0.2, 0.25) is 5.91 Å². The van der Waals surface area contributed by atoms with Crippen molar-refractivity contribution in [1.29, 1.82) is 0 Å². The number of piperazine rings is 1. The Hall–Kier alpha value is -2.54. The van der Waals surface area contributed by atoms with Crippen LogP contribution in [0.2, 0.25) is 10.0 Å². The topological polar surface area (TPSA) is 47.1 Å². The van der Waals surface area contributed by atoms with Crippen molar-refractivity contribution >= 4 is 35.0 Å². The smallest absolute Gasteiger partial charge is 0.334 e. The summed E-state index contributed by atoms with van der Waals surface area (Å²) >= 11 is 12.4. The van der Waals surface area contributed by atoms with Gasteiger partial charge in [-0.3, -0.25) is 14.5 Å². The summed E-state index contributed by atoms with van der Waals surface area (Å²) in [6, 6.07) is 5.33. The van der Waals surface area contributed by atoms with Gasteiger partial charge in [0.15, 0.2) is 0 Å². The lowest BCUT2D eigenvalue weighted by Gasteiger charge is -2.43. The molecule has 246 valence electrons. The van der Waals surface area contributed by atoms with Gasteiger partial charge in [0.05, 0.1) is 33.8 Å². The summed E-state index contributed by atoms with van der Waals surface area (Å²) < 4.78 is 80.9. The lowest BCUT2D eigenvalue weighted by atomic mass is 9.99. The van der Waals surface area contributed by atoms with E-state index in [0.717, 1.165) is 39.0 Å². The first-order valence-electron chi connectivity index (χ1n) is 15.0. The molecule has 0 radical (unpaired) electrons. The maximum Gasteiger partial charge on any atom is 0.416 e. The molecule has 0 spiro atoms. The van der Waals surface area contributed by atoms with Crippen molar-refractivity contribution < 1.29 is 35.9 Å². The Labute approximate surface area is 267 Å². The zero-order chi connectivity index (χ0) is 32.5. The number of hydrogen-bond acceptors (Lipinski definition) is 4. The van der Waals surface area contributed by atoms with E-state index >= 15 is 0 Å². The van der Waals surface area contributed by atoms with E-state index in [0.29, 0.717) is 23.7 Å². The van der Waals surface area contributed by atoms with E-state index in [9.17, 15) is 35.9 Å². The van der Waals surface area contributed by atoms with Crippen LogP contribution in [0.4, 0.5) is 26.3 Å². The van der Waals surface area contributed by atoms with E-state index < -0.39 is 41.0 Å². The molecule has 1 unspecified atom stereocenters. The first-order valence-corrected chi connectivity index (χ1v) is 15.8. The third kappa shape index (κ3) is 8.07. The molecule has 1 atom stereocenters. The first-order chi connectivity index (χ1) is 21.2. The molecule has 2 amide bonds. The highest BCUT2D eigenvalue weighted by atomic mass is 35.5. The van der Waals surface area contributed by atoms with Crippen LogP contribution in [-0.4, -0.2) is 89.8 Å². The second kappa shape index (κ2) is 13.7. The molecule has 0 aromatic heterocycles. The molecule has 3 fully saturated rings. The first kappa shape index (κ1) is 33.8. The van der Waals surface area contributed by atoms with Gasteiger partial charge in [-0.1, -0.05) is 35.7 Å². The average Bonchev–Trinajstić information content (AvgIpc) is 3.01. The highest BCUT2D eigenvalue weighted by molar-refractivity contribution is 6.42. The summed E-state index contributed by atoms with van der Waals surface area (Å²) in [7, 11) is 0. The predicted octanol–water partition coefficient (Wildman–Crippen LogP) is 7.01. The number of likely N-dealkylation sites (tertiary alicyclic amines) is 2.